The van der Waals surface area contributed by atoms with Gasteiger partial charge in [-0.25, -0.2) is 0 Å². The molecule has 0 saturated heterocycles. The highest BCUT2D eigenvalue weighted by Gasteiger charge is 2.25. The first-order valence-corrected chi connectivity index (χ1v) is 6.21. The van der Waals surface area contributed by atoms with Crippen molar-refractivity contribution in [2.24, 2.45) is 0 Å². The minimum atomic E-state index is 0.331. The van der Waals surface area contributed by atoms with Gasteiger partial charge in [-0.05, 0) is 39.5 Å². The Labute approximate surface area is 102 Å². The highest BCUT2D eigenvalue weighted by atomic mass is 16.5. The van der Waals surface area contributed by atoms with Crippen LogP contribution in [-0.4, -0.2) is 29.3 Å². The summed E-state index contributed by atoms with van der Waals surface area (Å²) in [5.74, 6) is 0. The molecule has 4 heteroatoms. The van der Waals surface area contributed by atoms with Crippen LogP contribution in [0.2, 0.25) is 0 Å². The summed E-state index contributed by atoms with van der Waals surface area (Å²) < 4.78 is 7.45. The number of aromatic nitrogens is 2. The predicted octanol–water partition coefficient (Wildman–Crippen LogP) is 2.44. The van der Waals surface area contributed by atoms with Crippen LogP contribution in [0.1, 0.15) is 53.5 Å². The average Bonchev–Trinajstić information content (AvgIpc) is 2.64. The normalized spacial score (nSPS) is 24.9. The third kappa shape index (κ3) is 2.27. The maximum absolute atomic E-state index is 11.0. The molecule has 0 amide bonds. The molecule has 1 aromatic heterocycles. The Morgan fingerprint density at radius 2 is 2.18 bits per heavy atom. The van der Waals surface area contributed by atoms with Crippen LogP contribution in [0.5, 0.6) is 0 Å². The number of hydrogen-bond donors (Lipinski definition) is 0. The molecule has 0 radical (unpaired) electrons. The van der Waals surface area contributed by atoms with E-state index in [2.05, 4.69) is 5.10 Å². The fourth-order valence-corrected chi connectivity index (χ4v) is 2.76. The van der Waals surface area contributed by atoms with Crippen molar-refractivity contribution in [2.75, 3.05) is 7.11 Å². The highest BCUT2D eigenvalue weighted by Crippen LogP contribution is 2.31. The molecule has 2 rings (SSSR count). The Balaban J connectivity index is 2.24. The standard InChI is InChI=1S/C13H20N2O2/c1-9-13(8-16)10(2)15(14-9)11-5-4-6-12(7-11)17-3/h8,11-12H,4-7H2,1-3H3. The lowest BCUT2D eigenvalue weighted by atomic mass is 9.93. The lowest BCUT2D eigenvalue weighted by molar-refractivity contribution is 0.0504. The van der Waals surface area contributed by atoms with Gasteiger partial charge in [0.2, 0.25) is 0 Å². The summed E-state index contributed by atoms with van der Waals surface area (Å²) in [6.45, 7) is 3.87. The topological polar surface area (TPSA) is 44.1 Å². The van der Waals surface area contributed by atoms with Crippen LogP contribution in [0.3, 0.4) is 0 Å². The van der Waals surface area contributed by atoms with Crippen molar-refractivity contribution in [3.63, 3.8) is 0 Å². The molecule has 1 aromatic rings. The lowest BCUT2D eigenvalue weighted by Gasteiger charge is -2.29. The molecule has 1 saturated carbocycles. The second-order valence-electron chi connectivity index (χ2n) is 4.83. The van der Waals surface area contributed by atoms with Crippen LogP contribution in [-0.2, 0) is 4.74 Å². The molecule has 0 N–H and O–H groups in total. The number of aldehydes is 1. The fourth-order valence-electron chi connectivity index (χ4n) is 2.76. The van der Waals surface area contributed by atoms with Gasteiger partial charge in [-0.15, -0.1) is 0 Å². The summed E-state index contributed by atoms with van der Waals surface area (Å²) in [4.78, 5) is 11.0. The highest BCUT2D eigenvalue weighted by molar-refractivity contribution is 5.78. The quantitative estimate of drug-likeness (QED) is 0.757. The molecule has 4 nitrogen and oxygen atoms in total. The fraction of sp³-hybridized carbons (Fsp3) is 0.692. The van der Waals surface area contributed by atoms with E-state index in [1.165, 1.54) is 0 Å². The van der Waals surface area contributed by atoms with Crippen molar-refractivity contribution >= 4 is 6.29 Å². The molecule has 0 spiro atoms. The smallest absolute Gasteiger partial charge is 0.153 e. The molecule has 0 aromatic carbocycles. The van der Waals surface area contributed by atoms with Crippen molar-refractivity contribution in [1.82, 2.24) is 9.78 Å². The van der Waals surface area contributed by atoms with Crippen molar-refractivity contribution < 1.29 is 9.53 Å². The van der Waals surface area contributed by atoms with Crippen LogP contribution in [0.25, 0.3) is 0 Å². The van der Waals surface area contributed by atoms with Crippen LogP contribution in [0.4, 0.5) is 0 Å². The second-order valence-corrected chi connectivity index (χ2v) is 4.83. The molecule has 94 valence electrons. The molecule has 0 aliphatic heterocycles. The Hall–Kier alpha value is -1.16. The Kier molecular flexibility index (Phi) is 3.62. The third-order valence-corrected chi connectivity index (χ3v) is 3.78. The van der Waals surface area contributed by atoms with E-state index >= 15 is 0 Å². The van der Waals surface area contributed by atoms with E-state index in [0.29, 0.717) is 12.1 Å². The summed E-state index contributed by atoms with van der Waals surface area (Å²) >= 11 is 0. The van der Waals surface area contributed by atoms with E-state index in [1.54, 1.807) is 7.11 Å². The van der Waals surface area contributed by atoms with Gasteiger partial charge in [0.25, 0.3) is 0 Å². The molecule has 0 bridgehead atoms. The van der Waals surface area contributed by atoms with Gasteiger partial charge in [-0.2, -0.15) is 5.10 Å². The molecule has 2 atom stereocenters. The maximum Gasteiger partial charge on any atom is 0.153 e. The van der Waals surface area contributed by atoms with E-state index in [9.17, 15) is 4.79 Å². The SMILES string of the molecule is COC1CCCC(n2nc(C)c(C=O)c2C)C1. The number of carbonyl (C=O) groups is 1. The summed E-state index contributed by atoms with van der Waals surface area (Å²) in [5.41, 5.74) is 2.56. The number of rotatable bonds is 3. The average molecular weight is 236 g/mol. The lowest BCUT2D eigenvalue weighted by Crippen LogP contribution is -2.25. The molecular weight excluding hydrogens is 216 g/mol. The summed E-state index contributed by atoms with van der Waals surface area (Å²) in [7, 11) is 1.77. The predicted molar refractivity (Wildman–Crippen MR) is 65.4 cm³/mol. The molecule has 1 heterocycles. The molecule has 1 fully saturated rings. The first kappa shape index (κ1) is 12.3. The van der Waals surface area contributed by atoms with Crippen LogP contribution in [0, 0.1) is 13.8 Å². The molecule has 1 aliphatic carbocycles. The van der Waals surface area contributed by atoms with E-state index in [0.717, 1.165) is 48.9 Å². The summed E-state index contributed by atoms with van der Waals surface area (Å²) in [6, 6.07) is 0.376. The van der Waals surface area contributed by atoms with Gasteiger partial charge in [0.05, 0.1) is 23.4 Å². The van der Waals surface area contributed by atoms with Gasteiger partial charge in [-0.1, -0.05) is 0 Å². The largest absolute Gasteiger partial charge is 0.381 e. The number of ether oxygens (including phenoxy) is 1. The Morgan fingerprint density at radius 3 is 2.76 bits per heavy atom. The number of hydrogen-bond acceptors (Lipinski definition) is 3. The summed E-state index contributed by atoms with van der Waals surface area (Å²) in [5, 5.41) is 4.50. The van der Waals surface area contributed by atoms with Gasteiger partial charge >= 0.3 is 0 Å². The van der Waals surface area contributed by atoms with E-state index in [-0.39, 0.29) is 0 Å². The Bertz CT molecular complexity index is 412. The van der Waals surface area contributed by atoms with Crippen LogP contribution >= 0.6 is 0 Å². The monoisotopic (exact) mass is 236 g/mol. The number of methoxy groups -OCH3 is 1. The van der Waals surface area contributed by atoms with Crippen molar-refractivity contribution in [2.45, 2.75) is 51.7 Å². The zero-order valence-electron chi connectivity index (χ0n) is 10.8. The first-order valence-electron chi connectivity index (χ1n) is 6.21. The Morgan fingerprint density at radius 1 is 1.41 bits per heavy atom. The van der Waals surface area contributed by atoms with Gasteiger partial charge in [0.15, 0.2) is 6.29 Å². The van der Waals surface area contributed by atoms with Gasteiger partial charge in [-0.3, -0.25) is 9.48 Å². The van der Waals surface area contributed by atoms with Gasteiger partial charge in [0, 0.05) is 12.8 Å². The van der Waals surface area contributed by atoms with Crippen molar-refractivity contribution in [3.05, 3.63) is 17.0 Å². The zero-order valence-corrected chi connectivity index (χ0v) is 10.8. The second kappa shape index (κ2) is 5.00. The molecule has 2 unspecified atom stereocenters. The molecule has 1 aliphatic rings. The van der Waals surface area contributed by atoms with Crippen LogP contribution < -0.4 is 0 Å². The first-order chi connectivity index (χ1) is 8.17. The minimum Gasteiger partial charge on any atom is -0.381 e. The minimum absolute atomic E-state index is 0.331. The van der Waals surface area contributed by atoms with Crippen LogP contribution in [0.15, 0.2) is 0 Å². The van der Waals surface area contributed by atoms with E-state index in [4.69, 9.17) is 4.74 Å². The van der Waals surface area contributed by atoms with E-state index in [1.807, 2.05) is 18.5 Å². The van der Waals surface area contributed by atoms with Crippen molar-refractivity contribution in [3.8, 4) is 0 Å². The third-order valence-electron chi connectivity index (χ3n) is 3.78. The van der Waals surface area contributed by atoms with Gasteiger partial charge < -0.3 is 4.74 Å². The zero-order chi connectivity index (χ0) is 12.4. The van der Waals surface area contributed by atoms with E-state index < -0.39 is 0 Å². The summed E-state index contributed by atoms with van der Waals surface area (Å²) in [6.07, 6.45) is 5.66. The van der Waals surface area contributed by atoms with Crippen molar-refractivity contribution in [1.29, 1.82) is 0 Å². The molecule has 17 heavy (non-hydrogen) atoms. The number of aryl methyl sites for hydroxylation is 1. The maximum atomic E-state index is 11.0. The van der Waals surface area contributed by atoms with Gasteiger partial charge in [0.1, 0.15) is 0 Å². The number of nitrogens with zero attached hydrogens (tertiary/aromatic N) is 2. The molecular formula is C13H20N2O2. The number of carbonyl (C=O) groups excluding carboxylic acids is 1.